The van der Waals surface area contributed by atoms with Crippen LogP contribution in [0.25, 0.3) is 21.3 Å². The highest BCUT2D eigenvalue weighted by atomic mass is 32.1. The van der Waals surface area contributed by atoms with E-state index in [9.17, 15) is 9.90 Å². The summed E-state index contributed by atoms with van der Waals surface area (Å²) in [4.78, 5) is 28.8. The third kappa shape index (κ3) is 5.58. The topological polar surface area (TPSA) is 102 Å². The molecule has 4 aromatic rings. The summed E-state index contributed by atoms with van der Waals surface area (Å²) in [5.41, 5.74) is 2.91. The molecule has 2 aromatic heterocycles. The summed E-state index contributed by atoms with van der Waals surface area (Å²) in [7, 11) is 0. The molecule has 9 heteroatoms. The third-order valence-corrected chi connectivity index (χ3v) is 7.76. The zero-order valence-corrected chi connectivity index (χ0v) is 21.6. The van der Waals surface area contributed by atoms with E-state index in [4.69, 9.17) is 10.1 Å². The van der Waals surface area contributed by atoms with Gasteiger partial charge in [-0.15, -0.1) is 11.3 Å². The Bertz CT molecular complexity index is 1350. The first kappa shape index (κ1) is 25.1. The second-order valence-corrected chi connectivity index (χ2v) is 10.2. The molecule has 0 bridgehead atoms. The number of hydrogen-bond acceptors (Lipinski definition) is 8. The van der Waals surface area contributed by atoms with Gasteiger partial charge in [-0.1, -0.05) is 49.4 Å². The minimum atomic E-state index is -0.881. The number of nitrogens with zero attached hydrogens (tertiary/aromatic N) is 4. The van der Waals surface area contributed by atoms with Crippen LogP contribution in [0.4, 0.5) is 11.8 Å². The monoisotopic (exact) mass is 517 g/mol. The first-order valence-electron chi connectivity index (χ1n) is 12.6. The van der Waals surface area contributed by atoms with Gasteiger partial charge in [0.2, 0.25) is 5.95 Å². The minimum Gasteiger partial charge on any atom is -0.394 e. The Morgan fingerprint density at radius 2 is 1.73 bits per heavy atom. The number of fused-ring (bicyclic) bond motifs is 1. The van der Waals surface area contributed by atoms with Gasteiger partial charge in [0, 0.05) is 43.2 Å². The number of aliphatic hydroxyl groups excluding tert-OH is 2. The molecule has 3 N–H and O–H groups in total. The lowest BCUT2D eigenvalue weighted by Crippen LogP contribution is -2.49. The fraction of sp³-hybridized carbons (Fsp3) is 0.321. The van der Waals surface area contributed by atoms with Crippen molar-refractivity contribution in [3.05, 3.63) is 71.1 Å². The fourth-order valence-electron chi connectivity index (χ4n) is 4.46. The van der Waals surface area contributed by atoms with Crippen LogP contribution in [-0.2, 0) is 6.42 Å². The average molecular weight is 518 g/mol. The molecule has 8 nitrogen and oxygen atoms in total. The van der Waals surface area contributed by atoms with Crippen molar-refractivity contribution >= 4 is 39.2 Å². The molecule has 1 fully saturated rings. The normalized spacial score (nSPS) is 14.7. The van der Waals surface area contributed by atoms with Crippen LogP contribution in [0.5, 0.6) is 0 Å². The summed E-state index contributed by atoms with van der Waals surface area (Å²) < 4.78 is 0. The van der Waals surface area contributed by atoms with Crippen molar-refractivity contribution in [3.8, 4) is 11.1 Å². The standard InChI is InChI=1S/C28H31N5O3S/c1-2-23-16-24-25(30-28(31-26(24)37-23)29-17-22(35)18-34)32-12-14-33(15-13-32)27(36)21-10-8-20(9-11-21)19-6-4-3-5-7-19/h3-11,16,22,34-35H,2,12-15,17-18H2,1H3,(H,29,30,31)/t22-/m1/s1. The lowest BCUT2D eigenvalue weighted by molar-refractivity contribution is 0.0746. The summed E-state index contributed by atoms with van der Waals surface area (Å²) in [6.45, 7) is 4.48. The van der Waals surface area contributed by atoms with Gasteiger partial charge in [0.25, 0.3) is 5.91 Å². The maximum absolute atomic E-state index is 13.2. The summed E-state index contributed by atoms with van der Waals surface area (Å²) in [5.74, 6) is 1.30. The molecule has 5 rings (SSSR count). The number of hydrogen-bond donors (Lipinski definition) is 3. The minimum absolute atomic E-state index is 0.0382. The van der Waals surface area contributed by atoms with Crippen LogP contribution in [0.3, 0.4) is 0 Å². The maximum Gasteiger partial charge on any atom is 0.253 e. The largest absolute Gasteiger partial charge is 0.394 e. The number of amides is 1. The molecule has 1 atom stereocenters. The summed E-state index contributed by atoms with van der Waals surface area (Å²) in [6.07, 6.45) is 0.0336. The van der Waals surface area contributed by atoms with Gasteiger partial charge in [-0.25, -0.2) is 4.98 Å². The zero-order chi connectivity index (χ0) is 25.8. The molecule has 192 valence electrons. The number of aromatic nitrogens is 2. The van der Waals surface area contributed by atoms with E-state index >= 15 is 0 Å². The van der Waals surface area contributed by atoms with Crippen LogP contribution in [0.2, 0.25) is 0 Å². The fourth-order valence-corrected chi connectivity index (χ4v) is 5.43. The Kier molecular flexibility index (Phi) is 7.64. The predicted molar refractivity (Wildman–Crippen MR) is 148 cm³/mol. The molecule has 37 heavy (non-hydrogen) atoms. The van der Waals surface area contributed by atoms with Crippen molar-refractivity contribution in [2.24, 2.45) is 0 Å². The second kappa shape index (κ2) is 11.2. The molecule has 0 radical (unpaired) electrons. The Morgan fingerprint density at radius 1 is 1.03 bits per heavy atom. The Labute approximate surface area is 220 Å². The van der Waals surface area contributed by atoms with Crippen molar-refractivity contribution in [3.63, 3.8) is 0 Å². The molecule has 1 amide bonds. The van der Waals surface area contributed by atoms with Gasteiger partial charge in [0.05, 0.1) is 18.1 Å². The molecule has 3 heterocycles. The van der Waals surface area contributed by atoms with Crippen LogP contribution in [-0.4, -0.2) is 76.4 Å². The Hall–Kier alpha value is -3.53. The van der Waals surface area contributed by atoms with Crippen LogP contribution >= 0.6 is 11.3 Å². The van der Waals surface area contributed by atoms with E-state index in [0.717, 1.165) is 33.6 Å². The van der Waals surface area contributed by atoms with Gasteiger partial charge >= 0.3 is 0 Å². The molecular weight excluding hydrogens is 486 g/mol. The van der Waals surface area contributed by atoms with Gasteiger partial charge in [-0.3, -0.25) is 4.79 Å². The van der Waals surface area contributed by atoms with E-state index in [-0.39, 0.29) is 19.1 Å². The highest BCUT2D eigenvalue weighted by Crippen LogP contribution is 2.33. The number of piperazine rings is 1. The summed E-state index contributed by atoms with van der Waals surface area (Å²) in [6, 6.07) is 20.1. The molecule has 0 saturated carbocycles. The highest BCUT2D eigenvalue weighted by molar-refractivity contribution is 7.18. The van der Waals surface area contributed by atoms with Crippen molar-refractivity contribution in [2.45, 2.75) is 19.4 Å². The molecule has 0 spiro atoms. The Balaban J connectivity index is 1.29. The van der Waals surface area contributed by atoms with Gasteiger partial charge < -0.3 is 25.3 Å². The number of carbonyl (C=O) groups excluding carboxylic acids is 1. The number of benzene rings is 2. The van der Waals surface area contributed by atoms with Crippen molar-refractivity contribution in [2.75, 3.05) is 49.5 Å². The summed E-state index contributed by atoms with van der Waals surface area (Å²) in [5, 5.41) is 22.9. The van der Waals surface area contributed by atoms with Crippen molar-refractivity contribution in [1.29, 1.82) is 0 Å². The number of rotatable bonds is 8. The number of thiophene rings is 1. The van der Waals surface area contributed by atoms with E-state index in [2.05, 4.69) is 40.3 Å². The number of carbonyl (C=O) groups is 1. The van der Waals surface area contributed by atoms with E-state index in [1.54, 1.807) is 11.3 Å². The number of anilines is 2. The van der Waals surface area contributed by atoms with Crippen LogP contribution in [0, 0.1) is 0 Å². The van der Waals surface area contributed by atoms with E-state index in [1.807, 2.05) is 47.4 Å². The van der Waals surface area contributed by atoms with E-state index in [1.165, 1.54) is 4.88 Å². The van der Waals surface area contributed by atoms with Gasteiger partial charge in [0.1, 0.15) is 10.6 Å². The SMILES string of the molecule is CCc1cc2c(N3CCN(C(=O)c4ccc(-c5ccccc5)cc4)CC3)nc(NC[C@@H](O)CO)nc2s1. The average Bonchev–Trinajstić information content (AvgIpc) is 3.39. The van der Waals surface area contributed by atoms with Crippen molar-refractivity contribution in [1.82, 2.24) is 14.9 Å². The third-order valence-electron chi connectivity index (χ3n) is 6.58. The number of aliphatic hydroxyl groups is 2. The van der Waals surface area contributed by atoms with E-state index < -0.39 is 6.10 Å². The smallest absolute Gasteiger partial charge is 0.253 e. The molecule has 2 aromatic carbocycles. The first-order valence-corrected chi connectivity index (χ1v) is 13.4. The van der Waals surface area contributed by atoms with Gasteiger partial charge in [-0.2, -0.15) is 4.98 Å². The van der Waals surface area contributed by atoms with Crippen LogP contribution in [0.15, 0.2) is 60.7 Å². The lowest BCUT2D eigenvalue weighted by Gasteiger charge is -2.35. The molecule has 1 aliphatic heterocycles. The maximum atomic E-state index is 13.2. The molecule has 1 saturated heterocycles. The van der Waals surface area contributed by atoms with Crippen LogP contribution in [0.1, 0.15) is 22.2 Å². The van der Waals surface area contributed by atoms with Gasteiger partial charge in [0.15, 0.2) is 0 Å². The molecule has 0 aliphatic carbocycles. The second-order valence-electron chi connectivity index (χ2n) is 9.10. The first-order chi connectivity index (χ1) is 18.1. The van der Waals surface area contributed by atoms with Crippen molar-refractivity contribution < 1.29 is 15.0 Å². The molecule has 1 aliphatic rings. The number of nitrogens with one attached hydrogen (secondary N) is 1. The van der Waals surface area contributed by atoms with Crippen LogP contribution < -0.4 is 10.2 Å². The quantitative estimate of drug-likeness (QED) is 0.328. The lowest BCUT2D eigenvalue weighted by atomic mass is 10.0. The predicted octanol–water partition coefficient (Wildman–Crippen LogP) is 3.65. The number of aryl methyl sites for hydroxylation is 1. The van der Waals surface area contributed by atoms with Gasteiger partial charge in [-0.05, 0) is 35.7 Å². The molecule has 0 unspecified atom stereocenters. The highest BCUT2D eigenvalue weighted by Gasteiger charge is 2.25. The zero-order valence-electron chi connectivity index (χ0n) is 20.8. The Morgan fingerprint density at radius 3 is 2.41 bits per heavy atom. The summed E-state index contributed by atoms with van der Waals surface area (Å²) >= 11 is 1.64. The molecular formula is C28H31N5O3S. The van der Waals surface area contributed by atoms with E-state index in [0.29, 0.717) is 37.7 Å².